The molecule has 3 nitrogen and oxygen atoms in total. The molecule has 0 radical (unpaired) electrons. The van der Waals surface area contributed by atoms with Crippen molar-refractivity contribution in [1.82, 2.24) is 10.2 Å². The summed E-state index contributed by atoms with van der Waals surface area (Å²) in [5, 5.41) is 4.16. The van der Waals surface area contributed by atoms with E-state index in [1.807, 2.05) is 18.2 Å². The van der Waals surface area contributed by atoms with E-state index in [-0.39, 0.29) is 5.41 Å². The first-order valence-corrected chi connectivity index (χ1v) is 7.27. The number of nitrogens with two attached hydrogens (primary N) is 1. The van der Waals surface area contributed by atoms with Gasteiger partial charge in [-0.15, -0.1) is 0 Å². The van der Waals surface area contributed by atoms with E-state index in [4.69, 9.17) is 17.3 Å². The average Bonchev–Trinajstić information content (AvgIpc) is 2.33. The highest BCUT2D eigenvalue weighted by atomic mass is 35.5. The molecule has 106 valence electrons. The molecule has 0 amide bonds. The number of piperazine rings is 1. The number of hydrogen-bond donors (Lipinski definition) is 2. The van der Waals surface area contributed by atoms with Crippen molar-refractivity contribution in [3.8, 4) is 0 Å². The summed E-state index contributed by atoms with van der Waals surface area (Å²) in [5.74, 6) is 0. The topological polar surface area (TPSA) is 41.3 Å². The molecule has 0 spiro atoms. The average molecular weight is 282 g/mol. The normalized spacial score (nSPS) is 19.4. The van der Waals surface area contributed by atoms with Crippen molar-refractivity contribution in [2.75, 3.05) is 31.9 Å². The first kappa shape index (κ1) is 14.6. The van der Waals surface area contributed by atoms with E-state index < -0.39 is 0 Å². The molecule has 3 N–H and O–H groups in total. The molecule has 1 atom stereocenters. The molecular weight excluding hydrogens is 258 g/mol. The van der Waals surface area contributed by atoms with E-state index >= 15 is 0 Å². The number of halogens is 1. The second kappa shape index (κ2) is 5.70. The Kier molecular flexibility index (Phi) is 4.39. The van der Waals surface area contributed by atoms with E-state index in [1.54, 1.807) is 0 Å². The van der Waals surface area contributed by atoms with Gasteiger partial charge in [-0.25, -0.2) is 0 Å². The maximum absolute atomic E-state index is 6.19. The van der Waals surface area contributed by atoms with Gasteiger partial charge in [-0.05, 0) is 29.2 Å². The molecule has 0 saturated carbocycles. The molecule has 1 fully saturated rings. The summed E-state index contributed by atoms with van der Waals surface area (Å²) in [5.41, 5.74) is 8.30. The Morgan fingerprint density at radius 3 is 2.47 bits per heavy atom. The molecule has 0 aromatic heterocycles. The molecule has 0 aliphatic carbocycles. The third-order valence-electron chi connectivity index (χ3n) is 3.68. The van der Waals surface area contributed by atoms with E-state index in [0.29, 0.717) is 6.04 Å². The minimum Gasteiger partial charge on any atom is -0.398 e. The van der Waals surface area contributed by atoms with Gasteiger partial charge in [0, 0.05) is 42.9 Å². The third kappa shape index (κ3) is 3.41. The van der Waals surface area contributed by atoms with Crippen LogP contribution >= 0.6 is 11.6 Å². The summed E-state index contributed by atoms with van der Waals surface area (Å²) in [7, 11) is 0. The molecular formula is C15H24ClN3. The number of nitrogens with zero attached hydrogens (tertiary/aromatic N) is 1. The van der Waals surface area contributed by atoms with Crippen LogP contribution in [-0.4, -0.2) is 31.1 Å². The summed E-state index contributed by atoms with van der Waals surface area (Å²) in [4.78, 5) is 2.51. The smallest absolute Gasteiger partial charge is 0.0418 e. The molecule has 1 aliphatic rings. The van der Waals surface area contributed by atoms with Gasteiger partial charge in [0.25, 0.3) is 0 Å². The van der Waals surface area contributed by atoms with E-state index in [2.05, 4.69) is 31.0 Å². The van der Waals surface area contributed by atoms with Crippen LogP contribution in [0.2, 0.25) is 5.02 Å². The lowest BCUT2D eigenvalue weighted by atomic mass is 9.80. The lowest BCUT2D eigenvalue weighted by Crippen LogP contribution is -2.48. The lowest BCUT2D eigenvalue weighted by Gasteiger charge is -2.43. The number of nitrogens with one attached hydrogen (secondary N) is 1. The Labute approximate surface area is 121 Å². The van der Waals surface area contributed by atoms with Gasteiger partial charge in [0.1, 0.15) is 0 Å². The van der Waals surface area contributed by atoms with Gasteiger partial charge in [-0.3, -0.25) is 4.90 Å². The largest absolute Gasteiger partial charge is 0.398 e. The van der Waals surface area contributed by atoms with Gasteiger partial charge < -0.3 is 11.1 Å². The zero-order valence-electron chi connectivity index (χ0n) is 12.0. The summed E-state index contributed by atoms with van der Waals surface area (Å²) < 4.78 is 0. The van der Waals surface area contributed by atoms with Crippen LogP contribution in [0.25, 0.3) is 0 Å². The predicted molar refractivity (Wildman–Crippen MR) is 82.5 cm³/mol. The predicted octanol–water partition coefficient (Wildman–Crippen LogP) is 2.91. The molecule has 4 heteroatoms. The molecule has 0 bridgehead atoms. The van der Waals surface area contributed by atoms with Crippen LogP contribution in [0.3, 0.4) is 0 Å². The number of hydrogen-bond acceptors (Lipinski definition) is 3. The van der Waals surface area contributed by atoms with Crippen LogP contribution < -0.4 is 11.1 Å². The lowest BCUT2D eigenvalue weighted by molar-refractivity contribution is 0.0867. The number of benzene rings is 1. The van der Waals surface area contributed by atoms with Crippen molar-refractivity contribution in [1.29, 1.82) is 0 Å². The Hall–Kier alpha value is -0.770. The van der Waals surface area contributed by atoms with Crippen molar-refractivity contribution in [3.05, 3.63) is 28.8 Å². The van der Waals surface area contributed by atoms with Crippen LogP contribution in [0.1, 0.15) is 32.4 Å². The van der Waals surface area contributed by atoms with E-state index in [1.165, 1.54) is 0 Å². The van der Waals surface area contributed by atoms with Gasteiger partial charge in [-0.2, -0.15) is 0 Å². The van der Waals surface area contributed by atoms with Crippen molar-refractivity contribution < 1.29 is 0 Å². The quantitative estimate of drug-likeness (QED) is 0.819. The van der Waals surface area contributed by atoms with Crippen LogP contribution in [0.15, 0.2) is 18.2 Å². The molecule has 19 heavy (non-hydrogen) atoms. The van der Waals surface area contributed by atoms with Crippen LogP contribution in [-0.2, 0) is 0 Å². The van der Waals surface area contributed by atoms with Gasteiger partial charge in [-0.1, -0.05) is 32.4 Å². The number of nitrogen functional groups attached to an aromatic ring is 1. The molecule has 1 aromatic carbocycles. The Morgan fingerprint density at radius 1 is 1.26 bits per heavy atom. The highest BCUT2D eigenvalue weighted by Gasteiger charge is 2.33. The van der Waals surface area contributed by atoms with Gasteiger partial charge in [0.2, 0.25) is 0 Å². The van der Waals surface area contributed by atoms with Crippen molar-refractivity contribution >= 4 is 17.3 Å². The summed E-state index contributed by atoms with van der Waals surface area (Å²) in [6.07, 6.45) is 0. The molecule has 1 heterocycles. The van der Waals surface area contributed by atoms with Crippen molar-refractivity contribution in [2.45, 2.75) is 26.8 Å². The minimum atomic E-state index is 0.121. The summed E-state index contributed by atoms with van der Waals surface area (Å²) >= 11 is 6.16. The zero-order chi connectivity index (χ0) is 14.0. The molecule has 1 saturated heterocycles. The fourth-order valence-corrected chi connectivity index (χ4v) is 3.11. The number of anilines is 1. The maximum atomic E-state index is 6.19. The first-order chi connectivity index (χ1) is 8.89. The molecule has 1 aromatic rings. The van der Waals surface area contributed by atoms with Crippen molar-refractivity contribution in [3.63, 3.8) is 0 Å². The Bertz CT molecular complexity index is 434. The van der Waals surface area contributed by atoms with E-state index in [0.717, 1.165) is 42.5 Å². The Balaban J connectivity index is 2.39. The molecule has 2 rings (SSSR count). The SMILES string of the molecule is CC(C)(C)[C@@H](c1cc(Cl)ccc1N)N1CCNCC1. The minimum absolute atomic E-state index is 0.121. The van der Waals surface area contributed by atoms with E-state index in [9.17, 15) is 0 Å². The fraction of sp³-hybridized carbons (Fsp3) is 0.600. The second-order valence-electron chi connectivity index (χ2n) is 6.33. The Morgan fingerprint density at radius 2 is 1.89 bits per heavy atom. The third-order valence-corrected chi connectivity index (χ3v) is 3.92. The van der Waals surface area contributed by atoms with Gasteiger partial charge in [0.05, 0.1) is 0 Å². The standard InChI is InChI=1S/C15H24ClN3/c1-15(2,3)14(19-8-6-18-7-9-19)12-10-11(16)4-5-13(12)17/h4-5,10,14,18H,6-9,17H2,1-3H3/t14-/m1/s1. The zero-order valence-corrected chi connectivity index (χ0v) is 12.8. The first-order valence-electron chi connectivity index (χ1n) is 6.89. The van der Waals surface area contributed by atoms with Crippen molar-refractivity contribution in [2.24, 2.45) is 5.41 Å². The van der Waals surface area contributed by atoms with Crippen LogP contribution in [0.5, 0.6) is 0 Å². The van der Waals surface area contributed by atoms with Gasteiger partial charge in [0.15, 0.2) is 0 Å². The van der Waals surface area contributed by atoms with Crippen LogP contribution in [0, 0.1) is 5.41 Å². The number of rotatable bonds is 2. The fourth-order valence-electron chi connectivity index (χ4n) is 2.93. The second-order valence-corrected chi connectivity index (χ2v) is 6.76. The highest BCUT2D eigenvalue weighted by Crippen LogP contribution is 2.41. The summed E-state index contributed by atoms with van der Waals surface area (Å²) in [6.45, 7) is 11.0. The monoisotopic (exact) mass is 281 g/mol. The highest BCUT2D eigenvalue weighted by molar-refractivity contribution is 6.30. The molecule has 0 unspecified atom stereocenters. The molecule has 1 aliphatic heterocycles. The summed E-state index contributed by atoms with van der Waals surface area (Å²) in [6, 6.07) is 6.10. The van der Waals surface area contributed by atoms with Gasteiger partial charge >= 0.3 is 0 Å². The van der Waals surface area contributed by atoms with Crippen LogP contribution in [0.4, 0.5) is 5.69 Å². The maximum Gasteiger partial charge on any atom is 0.0418 e.